The number of hydrogen-bond acceptors (Lipinski definition) is 9. The van der Waals surface area contributed by atoms with Gasteiger partial charge in [-0.15, -0.1) is 0 Å². The Balaban J connectivity index is 1.68. The van der Waals surface area contributed by atoms with E-state index in [9.17, 15) is 32.7 Å². The first-order valence-electron chi connectivity index (χ1n) is 15.6. The van der Waals surface area contributed by atoms with E-state index in [0.29, 0.717) is 24.5 Å². The maximum Gasteiger partial charge on any atom is 0.418 e. The Bertz CT molecular complexity index is 1720. The number of rotatable bonds is 7. The van der Waals surface area contributed by atoms with Gasteiger partial charge >= 0.3 is 18.4 Å². The average molecular weight is 709 g/mol. The van der Waals surface area contributed by atoms with Crippen molar-refractivity contribution in [3.05, 3.63) is 41.9 Å². The molecule has 3 atom stereocenters. The molecule has 1 aliphatic rings. The van der Waals surface area contributed by atoms with Gasteiger partial charge in [-0.2, -0.15) is 13.2 Å². The normalized spacial score (nSPS) is 19.0. The quantitative estimate of drug-likeness (QED) is 0.183. The van der Waals surface area contributed by atoms with Gasteiger partial charge in [-0.25, -0.2) is 9.59 Å². The number of ether oxygens (including phenoxy) is 1. The molecule has 0 bridgehead atoms. The highest BCUT2D eigenvalue weighted by Crippen LogP contribution is 2.41. The lowest BCUT2D eigenvalue weighted by Gasteiger charge is -2.48. The third-order valence-corrected chi connectivity index (χ3v) is 13.0. The molecule has 1 fully saturated rings. The standard InChI is InChI=1S/C32H43F3N6O7Si/c1-17-15-41(16-20(39-29(45)47-30(2,3)4)25(17)48-49(8,9)31(5,6)7)21-10-11-36-14-19(21)38-26(42)23-24-22(46-27(23)40-28(43)44)12-18(13-37-24)32(33,34)35/h10-14,17,20,25,40H,15-16H2,1-9H3,(H,38,42)(H,39,45)(H,43,44)/t17-,20+,25+/m0/s1. The number of carboxylic acid groups (broad SMARTS) is 1. The van der Waals surface area contributed by atoms with Gasteiger partial charge in [-0.05, 0) is 51.0 Å². The highest BCUT2D eigenvalue weighted by Gasteiger charge is 2.45. The van der Waals surface area contributed by atoms with Crippen molar-refractivity contribution in [1.29, 1.82) is 0 Å². The fraction of sp³-hybridized carbons (Fsp3) is 0.531. The van der Waals surface area contributed by atoms with Gasteiger partial charge in [0, 0.05) is 31.4 Å². The van der Waals surface area contributed by atoms with E-state index in [1.807, 2.05) is 17.1 Å². The number of alkyl carbamates (subject to hydrolysis) is 1. The van der Waals surface area contributed by atoms with Crippen LogP contribution in [0.25, 0.3) is 11.1 Å². The van der Waals surface area contributed by atoms with Crippen molar-refractivity contribution in [2.24, 2.45) is 5.92 Å². The van der Waals surface area contributed by atoms with Crippen LogP contribution >= 0.6 is 0 Å². The molecule has 3 aromatic heterocycles. The van der Waals surface area contributed by atoms with Crippen LogP contribution in [0.5, 0.6) is 0 Å². The zero-order chi connectivity index (χ0) is 36.7. The molecule has 1 aliphatic heterocycles. The molecular formula is C32H43F3N6O7Si. The molecule has 17 heteroatoms. The van der Waals surface area contributed by atoms with E-state index in [4.69, 9.17) is 13.6 Å². The molecular weight excluding hydrogens is 665 g/mol. The van der Waals surface area contributed by atoms with Crippen molar-refractivity contribution in [2.45, 2.75) is 90.5 Å². The van der Waals surface area contributed by atoms with Crippen LogP contribution in [0, 0.1) is 5.92 Å². The monoisotopic (exact) mass is 708 g/mol. The molecule has 0 spiro atoms. The van der Waals surface area contributed by atoms with E-state index in [1.54, 1.807) is 26.8 Å². The van der Waals surface area contributed by atoms with Crippen molar-refractivity contribution in [1.82, 2.24) is 15.3 Å². The summed E-state index contributed by atoms with van der Waals surface area (Å²) in [6.07, 6.45) is -3.89. The first-order chi connectivity index (χ1) is 22.5. The molecule has 0 aromatic carbocycles. The maximum atomic E-state index is 13.7. The molecule has 0 saturated carbocycles. The Morgan fingerprint density at radius 2 is 1.73 bits per heavy atom. The number of furan rings is 1. The van der Waals surface area contributed by atoms with Crippen LogP contribution in [0.1, 0.15) is 64.4 Å². The Morgan fingerprint density at radius 3 is 2.33 bits per heavy atom. The summed E-state index contributed by atoms with van der Waals surface area (Å²) in [7, 11) is -2.30. The zero-order valence-corrected chi connectivity index (χ0v) is 29.9. The zero-order valence-electron chi connectivity index (χ0n) is 28.9. The van der Waals surface area contributed by atoms with Gasteiger partial charge in [0.1, 0.15) is 16.7 Å². The maximum absolute atomic E-state index is 13.7. The largest absolute Gasteiger partial charge is 0.465 e. The number of anilines is 3. The molecule has 1 saturated heterocycles. The van der Waals surface area contributed by atoms with E-state index in [1.165, 1.54) is 12.4 Å². The molecule has 0 aliphatic carbocycles. The lowest BCUT2D eigenvalue weighted by atomic mass is 9.92. The van der Waals surface area contributed by atoms with Crippen molar-refractivity contribution < 1.29 is 46.2 Å². The number of fused-ring (bicyclic) bond motifs is 1. The van der Waals surface area contributed by atoms with Gasteiger partial charge < -0.3 is 34.2 Å². The van der Waals surface area contributed by atoms with Crippen LogP contribution in [-0.4, -0.2) is 72.3 Å². The number of nitrogens with one attached hydrogen (secondary N) is 3. The Labute approximate surface area is 283 Å². The Morgan fingerprint density at radius 1 is 1.06 bits per heavy atom. The summed E-state index contributed by atoms with van der Waals surface area (Å²) in [6.45, 7) is 18.7. The minimum atomic E-state index is -4.75. The number of halogens is 3. The van der Waals surface area contributed by atoms with Gasteiger partial charge in [-0.3, -0.25) is 20.1 Å². The number of aromatic nitrogens is 2. The Kier molecular flexibility index (Phi) is 10.3. The average Bonchev–Trinajstić information content (AvgIpc) is 3.29. The van der Waals surface area contributed by atoms with E-state index in [2.05, 4.69) is 54.5 Å². The number of hydrogen-bond donors (Lipinski definition) is 4. The smallest absolute Gasteiger partial charge is 0.418 e. The molecule has 0 unspecified atom stereocenters. The van der Waals surface area contributed by atoms with Crippen molar-refractivity contribution >= 4 is 54.8 Å². The number of pyridine rings is 2. The first-order valence-corrected chi connectivity index (χ1v) is 18.5. The summed E-state index contributed by atoms with van der Waals surface area (Å²) >= 11 is 0. The topological polar surface area (TPSA) is 168 Å². The summed E-state index contributed by atoms with van der Waals surface area (Å²) < 4.78 is 57.8. The fourth-order valence-corrected chi connectivity index (χ4v) is 6.67. The van der Waals surface area contributed by atoms with E-state index < -0.39 is 66.8 Å². The van der Waals surface area contributed by atoms with Gasteiger partial charge in [-0.1, -0.05) is 27.7 Å². The molecule has 3 amide bonds. The highest BCUT2D eigenvalue weighted by molar-refractivity contribution is 6.74. The van der Waals surface area contributed by atoms with Gasteiger partial charge in [0.2, 0.25) is 5.88 Å². The first kappa shape index (κ1) is 37.4. The molecule has 3 aromatic rings. The Hall–Kier alpha value is -4.38. The van der Waals surface area contributed by atoms with Crippen molar-refractivity contribution in [2.75, 3.05) is 28.6 Å². The van der Waals surface area contributed by atoms with E-state index in [-0.39, 0.29) is 34.8 Å². The van der Waals surface area contributed by atoms with E-state index >= 15 is 0 Å². The highest BCUT2D eigenvalue weighted by atomic mass is 28.4. The number of carbonyl (C=O) groups excluding carboxylic acids is 2. The summed E-state index contributed by atoms with van der Waals surface area (Å²) in [5.74, 6) is -1.62. The van der Waals surface area contributed by atoms with Gasteiger partial charge in [0.25, 0.3) is 5.91 Å². The number of carbonyl (C=O) groups is 3. The molecule has 49 heavy (non-hydrogen) atoms. The summed E-state index contributed by atoms with van der Waals surface area (Å²) in [5.41, 5.74) is -2.28. The van der Waals surface area contributed by atoms with Crippen LogP contribution in [0.3, 0.4) is 0 Å². The van der Waals surface area contributed by atoms with Crippen LogP contribution in [0.2, 0.25) is 18.1 Å². The molecule has 13 nitrogen and oxygen atoms in total. The van der Waals surface area contributed by atoms with Crippen molar-refractivity contribution in [3.8, 4) is 0 Å². The van der Waals surface area contributed by atoms with Gasteiger partial charge in [0.15, 0.2) is 13.9 Å². The lowest BCUT2D eigenvalue weighted by molar-refractivity contribution is -0.137. The minimum absolute atomic E-state index is 0.0996. The second-order valence-electron chi connectivity index (χ2n) is 14.6. The van der Waals surface area contributed by atoms with Gasteiger partial charge in [0.05, 0.1) is 35.3 Å². The summed E-state index contributed by atoms with van der Waals surface area (Å²) in [5, 5.41) is 16.9. The number of piperidine rings is 1. The predicted octanol–water partition coefficient (Wildman–Crippen LogP) is 7.32. The fourth-order valence-electron chi connectivity index (χ4n) is 5.24. The molecule has 4 N–H and O–H groups in total. The van der Waals surface area contributed by atoms with E-state index in [0.717, 1.165) is 0 Å². The van der Waals surface area contributed by atoms with Crippen LogP contribution in [0.4, 0.5) is 40.0 Å². The summed E-state index contributed by atoms with van der Waals surface area (Å²) in [6, 6.07) is 1.77. The number of amides is 3. The number of alkyl halides is 3. The van der Waals surface area contributed by atoms with Crippen LogP contribution in [0.15, 0.2) is 35.1 Å². The molecule has 0 radical (unpaired) electrons. The third kappa shape index (κ3) is 8.81. The van der Waals surface area contributed by atoms with Crippen LogP contribution < -0.4 is 20.9 Å². The minimum Gasteiger partial charge on any atom is -0.465 e. The third-order valence-electron chi connectivity index (χ3n) is 8.51. The second kappa shape index (κ2) is 13.5. The lowest BCUT2D eigenvalue weighted by Crippen LogP contribution is -2.63. The van der Waals surface area contributed by atoms with Crippen molar-refractivity contribution in [3.63, 3.8) is 0 Å². The molecule has 268 valence electrons. The molecule has 4 rings (SSSR count). The van der Waals surface area contributed by atoms with Crippen LogP contribution in [-0.2, 0) is 15.3 Å². The number of nitrogens with zero attached hydrogens (tertiary/aromatic N) is 3. The predicted molar refractivity (Wildman–Crippen MR) is 179 cm³/mol. The summed E-state index contributed by atoms with van der Waals surface area (Å²) in [4.78, 5) is 48.1. The molecule has 4 heterocycles. The second-order valence-corrected chi connectivity index (χ2v) is 19.4. The SMILES string of the molecule is C[C@H]1CN(c2ccncc2NC(=O)c2c(NC(=O)O)oc3cc(C(F)(F)F)cnc23)C[C@@H](NC(=O)OC(C)(C)C)[C@@H]1O[Si](C)(C)C(C)(C)C.